The third kappa shape index (κ3) is 2.33. The fraction of sp³-hybridized carbons (Fsp3) is 0.400. The molecule has 0 saturated heterocycles. The van der Waals surface area contributed by atoms with E-state index in [0.29, 0.717) is 10.6 Å². The number of methoxy groups -OCH3 is 1. The van der Waals surface area contributed by atoms with Crippen LogP contribution in [0.4, 0.5) is 5.69 Å². The molecule has 0 spiro atoms. The largest absolute Gasteiger partial charge is 0.466 e. The molecule has 0 aromatic carbocycles. The highest BCUT2D eigenvalue weighted by Crippen LogP contribution is 2.44. The van der Waals surface area contributed by atoms with E-state index in [4.69, 9.17) is 14.9 Å². The Bertz CT molecular complexity index is 652. The van der Waals surface area contributed by atoms with Gasteiger partial charge in [0.05, 0.1) is 12.8 Å². The van der Waals surface area contributed by atoms with Crippen LogP contribution in [0, 0.1) is 13.8 Å². The average molecular weight is 293 g/mol. The number of thiophene rings is 1. The van der Waals surface area contributed by atoms with Crippen LogP contribution in [-0.4, -0.2) is 13.1 Å². The van der Waals surface area contributed by atoms with Crippen molar-refractivity contribution in [3.05, 3.63) is 28.0 Å². The van der Waals surface area contributed by atoms with Crippen molar-refractivity contribution in [2.45, 2.75) is 33.6 Å². The molecule has 0 fully saturated rings. The maximum Gasteiger partial charge on any atom is 0.350 e. The highest BCUT2D eigenvalue weighted by molar-refractivity contribution is 7.18. The first-order chi connectivity index (χ1) is 9.36. The first kappa shape index (κ1) is 14.7. The molecule has 108 valence electrons. The quantitative estimate of drug-likeness (QED) is 0.865. The molecule has 0 atom stereocenters. The summed E-state index contributed by atoms with van der Waals surface area (Å²) < 4.78 is 10.4. The average Bonchev–Trinajstić information content (AvgIpc) is 2.88. The molecule has 0 aliphatic rings. The number of hydrogen-bond acceptors (Lipinski definition) is 5. The van der Waals surface area contributed by atoms with Crippen LogP contribution < -0.4 is 5.73 Å². The minimum absolute atomic E-state index is 0.217. The number of furan rings is 1. The second kappa shape index (κ2) is 5.32. The highest BCUT2D eigenvalue weighted by atomic mass is 32.1. The Morgan fingerprint density at radius 3 is 2.50 bits per heavy atom. The van der Waals surface area contributed by atoms with Gasteiger partial charge in [0.25, 0.3) is 0 Å². The lowest BCUT2D eigenvalue weighted by molar-refractivity contribution is 0.0607. The van der Waals surface area contributed by atoms with Gasteiger partial charge in [-0.3, -0.25) is 0 Å². The van der Waals surface area contributed by atoms with Gasteiger partial charge in [-0.2, -0.15) is 0 Å². The molecule has 4 nitrogen and oxygen atoms in total. The van der Waals surface area contributed by atoms with Crippen LogP contribution in [-0.2, 0) is 4.74 Å². The van der Waals surface area contributed by atoms with Gasteiger partial charge < -0.3 is 14.9 Å². The Kier molecular flexibility index (Phi) is 3.90. The summed E-state index contributed by atoms with van der Waals surface area (Å²) in [5.74, 6) is 1.51. The molecular weight excluding hydrogens is 274 g/mol. The minimum Gasteiger partial charge on any atom is -0.466 e. The van der Waals surface area contributed by atoms with Crippen LogP contribution in [0.3, 0.4) is 0 Å². The Balaban J connectivity index is 2.69. The van der Waals surface area contributed by atoms with E-state index in [1.54, 1.807) is 0 Å². The standard InChI is InChI=1S/C15H19NO3S/c1-7(2)11-12(16)14(15(17)18-5)20-13(11)10-6-8(3)19-9(10)4/h6-7H,16H2,1-5H3. The van der Waals surface area contributed by atoms with Crippen molar-refractivity contribution in [2.75, 3.05) is 12.8 Å². The molecule has 0 amide bonds. The number of carbonyl (C=O) groups excluding carboxylic acids is 1. The Labute approximate surface area is 122 Å². The summed E-state index contributed by atoms with van der Waals surface area (Å²) in [4.78, 5) is 13.3. The predicted molar refractivity (Wildman–Crippen MR) is 81.3 cm³/mol. The number of nitrogen functional groups attached to an aromatic ring is 1. The smallest absolute Gasteiger partial charge is 0.350 e. The second-order valence-electron chi connectivity index (χ2n) is 5.06. The maximum absolute atomic E-state index is 11.8. The number of aryl methyl sites for hydroxylation is 2. The Morgan fingerprint density at radius 1 is 1.40 bits per heavy atom. The number of esters is 1. The lowest BCUT2D eigenvalue weighted by Gasteiger charge is -2.08. The molecule has 2 rings (SSSR count). The van der Waals surface area contributed by atoms with E-state index in [1.165, 1.54) is 18.4 Å². The van der Waals surface area contributed by atoms with Gasteiger partial charge in [-0.05, 0) is 31.4 Å². The molecule has 0 aliphatic heterocycles. The number of hydrogen-bond donors (Lipinski definition) is 1. The number of anilines is 1. The normalized spacial score (nSPS) is 11.1. The Hall–Kier alpha value is -1.75. The summed E-state index contributed by atoms with van der Waals surface area (Å²) in [5.41, 5.74) is 8.66. The molecule has 0 radical (unpaired) electrons. The Morgan fingerprint density at radius 2 is 2.05 bits per heavy atom. The summed E-state index contributed by atoms with van der Waals surface area (Å²) >= 11 is 1.37. The zero-order valence-corrected chi connectivity index (χ0v) is 13.2. The van der Waals surface area contributed by atoms with E-state index < -0.39 is 5.97 Å². The molecule has 2 aromatic heterocycles. The molecule has 2 aromatic rings. The lowest BCUT2D eigenvalue weighted by atomic mass is 9.98. The zero-order chi connectivity index (χ0) is 15.0. The summed E-state index contributed by atoms with van der Waals surface area (Å²) in [6.45, 7) is 7.94. The fourth-order valence-electron chi connectivity index (χ4n) is 2.33. The summed E-state index contributed by atoms with van der Waals surface area (Å²) in [6.07, 6.45) is 0. The molecule has 0 unspecified atom stereocenters. The zero-order valence-electron chi connectivity index (χ0n) is 12.4. The van der Waals surface area contributed by atoms with Gasteiger partial charge in [-0.15, -0.1) is 11.3 Å². The summed E-state index contributed by atoms with van der Waals surface area (Å²) in [7, 11) is 1.36. The topological polar surface area (TPSA) is 65.5 Å². The van der Waals surface area contributed by atoms with Gasteiger partial charge in [0, 0.05) is 10.4 Å². The maximum atomic E-state index is 11.8. The van der Waals surface area contributed by atoms with Crippen molar-refractivity contribution in [2.24, 2.45) is 0 Å². The SMILES string of the molecule is COC(=O)c1sc(-c2cc(C)oc2C)c(C(C)C)c1N. The van der Waals surface area contributed by atoms with Gasteiger partial charge in [0.15, 0.2) is 0 Å². The van der Waals surface area contributed by atoms with E-state index in [0.717, 1.165) is 27.5 Å². The molecule has 2 heterocycles. The van der Waals surface area contributed by atoms with Crippen LogP contribution in [0.15, 0.2) is 10.5 Å². The van der Waals surface area contributed by atoms with Crippen molar-refractivity contribution >= 4 is 23.0 Å². The van der Waals surface area contributed by atoms with Gasteiger partial charge >= 0.3 is 5.97 Å². The van der Waals surface area contributed by atoms with Gasteiger partial charge in [-0.1, -0.05) is 13.8 Å². The number of carbonyl (C=O) groups is 1. The molecule has 2 N–H and O–H groups in total. The predicted octanol–water partition coefficient (Wildman–Crippen LogP) is 4.12. The van der Waals surface area contributed by atoms with Crippen molar-refractivity contribution in [3.63, 3.8) is 0 Å². The van der Waals surface area contributed by atoms with Gasteiger partial charge in [-0.25, -0.2) is 4.79 Å². The van der Waals surface area contributed by atoms with Crippen LogP contribution in [0.1, 0.15) is 46.5 Å². The van der Waals surface area contributed by atoms with E-state index in [2.05, 4.69) is 13.8 Å². The highest BCUT2D eigenvalue weighted by Gasteiger charge is 2.25. The lowest BCUT2D eigenvalue weighted by Crippen LogP contribution is -2.03. The number of nitrogens with two attached hydrogens (primary N) is 1. The second-order valence-corrected chi connectivity index (χ2v) is 6.08. The molecule has 0 saturated carbocycles. The van der Waals surface area contributed by atoms with Gasteiger partial charge in [0.1, 0.15) is 16.4 Å². The first-order valence-corrected chi connectivity index (χ1v) is 7.26. The van der Waals surface area contributed by atoms with Crippen LogP contribution >= 0.6 is 11.3 Å². The molecule has 0 aliphatic carbocycles. The van der Waals surface area contributed by atoms with E-state index in [1.807, 2.05) is 19.9 Å². The van der Waals surface area contributed by atoms with E-state index >= 15 is 0 Å². The number of ether oxygens (including phenoxy) is 1. The first-order valence-electron chi connectivity index (χ1n) is 6.44. The molecule has 20 heavy (non-hydrogen) atoms. The molecule has 5 heteroatoms. The van der Waals surface area contributed by atoms with E-state index in [9.17, 15) is 4.79 Å². The molecule has 0 bridgehead atoms. The van der Waals surface area contributed by atoms with Crippen LogP contribution in [0.25, 0.3) is 10.4 Å². The van der Waals surface area contributed by atoms with Gasteiger partial charge in [0.2, 0.25) is 0 Å². The van der Waals surface area contributed by atoms with E-state index in [-0.39, 0.29) is 5.92 Å². The van der Waals surface area contributed by atoms with Crippen molar-refractivity contribution in [1.82, 2.24) is 0 Å². The third-order valence-electron chi connectivity index (χ3n) is 3.22. The number of rotatable bonds is 3. The van der Waals surface area contributed by atoms with Crippen molar-refractivity contribution in [3.8, 4) is 10.4 Å². The third-order valence-corrected chi connectivity index (χ3v) is 4.45. The minimum atomic E-state index is -0.390. The summed E-state index contributed by atoms with van der Waals surface area (Å²) in [5, 5.41) is 0. The van der Waals surface area contributed by atoms with Crippen LogP contribution in [0.2, 0.25) is 0 Å². The van der Waals surface area contributed by atoms with Crippen LogP contribution in [0.5, 0.6) is 0 Å². The molecular formula is C15H19NO3S. The van der Waals surface area contributed by atoms with Crippen molar-refractivity contribution in [1.29, 1.82) is 0 Å². The fourth-order valence-corrected chi connectivity index (χ4v) is 3.69. The monoisotopic (exact) mass is 293 g/mol. The summed E-state index contributed by atoms with van der Waals surface area (Å²) in [6, 6.07) is 1.98. The van der Waals surface area contributed by atoms with Crippen molar-refractivity contribution < 1.29 is 13.9 Å².